The molecule has 1 aliphatic rings. The number of imide groups is 1. The number of rotatable bonds is 2. The lowest BCUT2D eigenvalue weighted by Gasteiger charge is -2.19. The van der Waals surface area contributed by atoms with Crippen LogP contribution in [0.25, 0.3) is 6.08 Å². The van der Waals surface area contributed by atoms with Crippen molar-refractivity contribution in [2.75, 3.05) is 6.54 Å². The first kappa shape index (κ1) is 11.3. The van der Waals surface area contributed by atoms with Crippen LogP contribution in [0.5, 0.6) is 0 Å². The zero-order valence-corrected chi connectivity index (χ0v) is 9.29. The predicted octanol–water partition coefficient (Wildman–Crippen LogP) is 0.706. The van der Waals surface area contributed by atoms with E-state index in [0.717, 1.165) is 0 Å². The Morgan fingerprint density at radius 2 is 2.41 bits per heavy atom. The van der Waals surface area contributed by atoms with E-state index >= 15 is 0 Å². The summed E-state index contributed by atoms with van der Waals surface area (Å²) in [4.78, 5) is 28.1. The molecule has 0 aromatic carbocycles. The number of carbonyl (C=O) groups excluding carboxylic acids is 2. The van der Waals surface area contributed by atoms with Crippen molar-refractivity contribution < 1.29 is 14.1 Å². The van der Waals surface area contributed by atoms with E-state index in [4.69, 9.17) is 4.52 Å². The van der Waals surface area contributed by atoms with Crippen LogP contribution in [0.3, 0.4) is 0 Å². The number of aromatic nitrogens is 2. The highest BCUT2D eigenvalue weighted by Gasteiger charge is 2.18. The first-order valence-corrected chi connectivity index (χ1v) is 5.17. The second-order valence-electron chi connectivity index (χ2n) is 3.53. The summed E-state index contributed by atoms with van der Waals surface area (Å²) >= 11 is 0. The van der Waals surface area contributed by atoms with Crippen molar-refractivity contribution in [2.24, 2.45) is 0 Å². The molecule has 0 saturated heterocycles. The van der Waals surface area contributed by atoms with Crippen LogP contribution in [-0.4, -0.2) is 33.4 Å². The van der Waals surface area contributed by atoms with E-state index in [1.54, 1.807) is 13.0 Å². The summed E-state index contributed by atoms with van der Waals surface area (Å²) in [6, 6.07) is 0. The lowest BCUT2D eigenvalue weighted by atomic mass is 10.2. The summed E-state index contributed by atoms with van der Waals surface area (Å²) in [5.41, 5.74) is 0. The molecule has 2 amide bonds. The van der Waals surface area contributed by atoms with E-state index in [2.05, 4.69) is 10.1 Å². The molecule has 1 aromatic heterocycles. The third-order valence-corrected chi connectivity index (χ3v) is 2.22. The van der Waals surface area contributed by atoms with Crippen LogP contribution in [-0.2, 0) is 9.59 Å². The van der Waals surface area contributed by atoms with E-state index in [9.17, 15) is 9.59 Å². The average molecular weight is 233 g/mol. The molecule has 0 bridgehead atoms. The Kier molecular flexibility index (Phi) is 3.13. The van der Waals surface area contributed by atoms with Crippen LogP contribution < -0.4 is 0 Å². The maximum atomic E-state index is 11.7. The Morgan fingerprint density at radius 1 is 1.59 bits per heavy atom. The van der Waals surface area contributed by atoms with Crippen molar-refractivity contribution in [3.8, 4) is 0 Å². The number of hydrogen-bond donors (Lipinski definition) is 0. The van der Waals surface area contributed by atoms with Gasteiger partial charge >= 0.3 is 0 Å². The van der Waals surface area contributed by atoms with Gasteiger partial charge in [-0.15, -0.1) is 0 Å². The van der Waals surface area contributed by atoms with Crippen LogP contribution in [0.15, 0.2) is 22.8 Å². The summed E-state index contributed by atoms with van der Waals surface area (Å²) in [5.74, 6) is 0.0627. The van der Waals surface area contributed by atoms with Gasteiger partial charge in [0.2, 0.25) is 0 Å². The minimum atomic E-state index is -0.379. The first-order chi connectivity index (χ1) is 8.16. The molecule has 2 rings (SSSR count). The van der Waals surface area contributed by atoms with Crippen molar-refractivity contribution in [1.29, 1.82) is 0 Å². The van der Waals surface area contributed by atoms with E-state index in [1.165, 1.54) is 23.1 Å². The third kappa shape index (κ3) is 2.66. The molecule has 0 N–H and O–H groups in total. The van der Waals surface area contributed by atoms with Crippen molar-refractivity contribution >= 4 is 17.9 Å². The Bertz CT molecular complexity index is 502. The Balaban J connectivity index is 2.04. The van der Waals surface area contributed by atoms with E-state index in [1.807, 2.05) is 0 Å². The summed E-state index contributed by atoms with van der Waals surface area (Å²) < 4.78 is 4.81. The number of carbonyl (C=O) groups is 2. The van der Waals surface area contributed by atoms with E-state index in [0.29, 0.717) is 18.8 Å². The van der Waals surface area contributed by atoms with Crippen molar-refractivity contribution in [2.45, 2.75) is 13.3 Å². The van der Waals surface area contributed by atoms with Gasteiger partial charge in [0.1, 0.15) is 0 Å². The average Bonchev–Trinajstić information content (AvgIpc) is 2.73. The van der Waals surface area contributed by atoms with Gasteiger partial charge in [-0.1, -0.05) is 11.2 Å². The monoisotopic (exact) mass is 233 g/mol. The largest absolute Gasteiger partial charge is 0.335 e. The van der Waals surface area contributed by atoms with Gasteiger partial charge in [-0.2, -0.15) is 4.98 Å². The standard InChI is InChI=1S/C11H11N3O3/c1-8-12-9(17-13-8)5-6-11(16)14-7-3-2-4-10(14)15/h2,4-6H,3,7H2,1H3/b6-5+. The first-order valence-electron chi connectivity index (χ1n) is 5.17. The fourth-order valence-electron chi connectivity index (χ4n) is 1.42. The van der Waals surface area contributed by atoms with Gasteiger partial charge in [0.25, 0.3) is 17.7 Å². The molecule has 0 spiro atoms. The van der Waals surface area contributed by atoms with E-state index < -0.39 is 0 Å². The molecule has 0 fully saturated rings. The van der Waals surface area contributed by atoms with Gasteiger partial charge in [0.15, 0.2) is 5.82 Å². The maximum Gasteiger partial charge on any atom is 0.253 e. The fraction of sp³-hybridized carbons (Fsp3) is 0.273. The molecule has 0 atom stereocenters. The number of aryl methyl sites for hydroxylation is 1. The van der Waals surface area contributed by atoms with Crippen LogP contribution >= 0.6 is 0 Å². The number of hydrogen-bond acceptors (Lipinski definition) is 5. The van der Waals surface area contributed by atoms with Gasteiger partial charge < -0.3 is 4.52 Å². The molecule has 2 heterocycles. The molecule has 0 aliphatic carbocycles. The van der Waals surface area contributed by atoms with Crippen LogP contribution in [0.1, 0.15) is 18.1 Å². The Morgan fingerprint density at radius 3 is 3.06 bits per heavy atom. The van der Waals surface area contributed by atoms with Crippen LogP contribution in [0, 0.1) is 6.92 Å². The number of amides is 2. The molecule has 88 valence electrons. The van der Waals surface area contributed by atoms with Crippen LogP contribution in [0.2, 0.25) is 0 Å². The van der Waals surface area contributed by atoms with Gasteiger partial charge in [-0.05, 0) is 19.4 Å². The second kappa shape index (κ2) is 4.73. The molecule has 0 unspecified atom stereocenters. The molecule has 17 heavy (non-hydrogen) atoms. The van der Waals surface area contributed by atoms with Gasteiger partial charge in [-0.3, -0.25) is 14.5 Å². The zero-order valence-electron chi connectivity index (χ0n) is 9.29. The lowest BCUT2D eigenvalue weighted by molar-refractivity contribution is -0.139. The van der Waals surface area contributed by atoms with Crippen molar-refractivity contribution in [3.05, 3.63) is 29.9 Å². The molecular weight excluding hydrogens is 222 g/mol. The van der Waals surface area contributed by atoms with Crippen molar-refractivity contribution in [3.63, 3.8) is 0 Å². The molecule has 6 nitrogen and oxygen atoms in total. The smallest absolute Gasteiger partial charge is 0.253 e. The van der Waals surface area contributed by atoms with Gasteiger partial charge in [-0.25, -0.2) is 0 Å². The summed E-state index contributed by atoms with van der Waals surface area (Å²) in [6.07, 6.45) is 6.48. The Labute approximate surface area is 97.6 Å². The Hall–Kier alpha value is -2.24. The molecule has 0 saturated carbocycles. The SMILES string of the molecule is Cc1noc(/C=C/C(=O)N2CCC=CC2=O)n1. The normalized spacial score (nSPS) is 15.8. The predicted molar refractivity (Wildman–Crippen MR) is 58.5 cm³/mol. The fourth-order valence-corrected chi connectivity index (χ4v) is 1.42. The molecule has 0 radical (unpaired) electrons. The van der Waals surface area contributed by atoms with Gasteiger partial charge in [0.05, 0.1) is 0 Å². The lowest BCUT2D eigenvalue weighted by Crippen LogP contribution is -2.37. The quantitative estimate of drug-likeness (QED) is 0.703. The summed E-state index contributed by atoms with van der Waals surface area (Å²) in [6.45, 7) is 2.09. The molecule has 1 aromatic rings. The minimum absolute atomic E-state index is 0.246. The highest BCUT2D eigenvalue weighted by Crippen LogP contribution is 2.05. The number of nitrogens with zero attached hydrogens (tertiary/aromatic N) is 3. The van der Waals surface area contributed by atoms with E-state index in [-0.39, 0.29) is 17.7 Å². The topological polar surface area (TPSA) is 76.3 Å². The summed E-state index contributed by atoms with van der Waals surface area (Å²) in [7, 11) is 0. The summed E-state index contributed by atoms with van der Waals surface area (Å²) in [5, 5.41) is 3.58. The van der Waals surface area contributed by atoms with Crippen LogP contribution in [0.4, 0.5) is 0 Å². The molecule has 1 aliphatic heterocycles. The molecule has 6 heteroatoms. The maximum absolute atomic E-state index is 11.7. The second-order valence-corrected chi connectivity index (χ2v) is 3.53. The third-order valence-electron chi connectivity index (χ3n) is 2.22. The molecular formula is C11H11N3O3. The minimum Gasteiger partial charge on any atom is -0.335 e. The van der Waals surface area contributed by atoms with Gasteiger partial charge in [0, 0.05) is 18.7 Å². The highest BCUT2D eigenvalue weighted by molar-refractivity contribution is 6.06. The van der Waals surface area contributed by atoms with Crippen molar-refractivity contribution in [1.82, 2.24) is 15.0 Å². The highest BCUT2D eigenvalue weighted by atomic mass is 16.5. The zero-order chi connectivity index (χ0) is 12.3.